The van der Waals surface area contributed by atoms with E-state index in [1.807, 2.05) is 38.2 Å². The van der Waals surface area contributed by atoms with E-state index in [0.29, 0.717) is 0 Å². The Bertz CT molecular complexity index is 893. The molecule has 4 nitrogen and oxygen atoms in total. The van der Waals surface area contributed by atoms with Gasteiger partial charge < -0.3 is 14.6 Å². The highest BCUT2D eigenvalue weighted by molar-refractivity contribution is 8.01. The van der Waals surface area contributed by atoms with Gasteiger partial charge in [0.2, 0.25) is 0 Å². The summed E-state index contributed by atoms with van der Waals surface area (Å²) in [4.78, 5) is 16.6. The molecule has 2 aromatic carbocycles. The van der Waals surface area contributed by atoms with Crippen LogP contribution in [0.5, 0.6) is 5.75 Å². The molecule has 0 aliphatic carbocycles. The summed E-state index contributed by atoms with van der Waals surface area (Å²) >= 11 is 1.55. The zero-order valence-corrected chi connectivity index (χ0v) is 16.2. The summed E-state index contributed by atoms with van der Waals surface area (Å²) < 4.78 is 4.81. The standard InChI is InChI=1S/C20H19NO2S.CH4O/c1-20(2,13-22)24-19-8-9-21-12-18(19)16-5-4-15-11-17(23-3)7-6-14(15)10-16;1-2/h4-13H,1-3H3;2H,1H3. The van der Waals surface area contributed by atoms with E-state index in [1.54, 1.807) is 25.1 Å². The summed E-state index contributed by atoms with van der Waals surface area (Å²) in [6.07, 6.45) is 4.60. The van der Waals surface area contributed by atoms with E-state index in [-0.39, 0.29) is 0 Å². The van der Waals surface area contributed by atoms with Crippen LogP contribution in [0.15, 0.2) is 59.8 Å². The fourth-order valence-electron chi connectivity index (χ4n) is 2.51. The summed E-state index contributed by atoms with van der Waals surface area (Å²) in [6.45, 7) is 3.84. The molecule has 0 aliphatic rings. The first kappa shape index (κ1) is 19.9. The molecular weight excluding hydrogens is 346 g/mol. The van der Waals surface area contributed by atoms with Crippen molar-refractivity contribution in [2.45, 2.75) is 23.5 Å². The number of carbonyl (C=O) groups excluding carboxylic acids is 1. The fourth-order valence-corrected chi connectivity index (χ4v) is 3.54. The molecule has 3 aromatic rings. The third-order valence-corrected chi connectivity index (χ3v) is 4.99. The second-order valence-electron chi connectivity index (χ2n) is 6.12. The van der Waals surface area contributed by atoms with E-state index in [9.17, 15) is 4.79 Å². The molecule has 0 unspecified atom stereocenters. The third-order valence-electron chi connectivity index (χ3n) is 3.80. The van der Waals surface area contributed by atoms with Crippen LogP contribution in [0.3, 0.4) is 0 Å². The Morgan fingerprint density at radius 3 is 2.46 bits per heavy atom. The summed E-state index contributed by atoms with van der Waals surface area (Å²) in [5.41, 5.74) is 2.13. The molecule has 5 heteroatoms. The van der Waals surface area contributed by atoms with E-state index in [0.717, 1.165) is 45.9 Å². The van der Waals surface area contributed by atoms with Crippen molar-refractivity contribution in [1.82, 2.24) is 4.98 Å². The van der Waals surface area contributed by atoms with Crippen molar-refractivity contribution in [2.24, 2.45) is 0 Å². The lowest BCUT2D eigenvalue weighted by atomic mass is 10.0. The van der Waals surface area contributed by atoms with Gasteiger partial charge in [0.15, 0.2) is 0 Å². The molecule has 1 aromatic heterocycles. The van der Waals surface area contributed by atoms with Crippen molar-refractivity contribution in [3.63, 3.8) is 0 Å². The SMILES string of the molecule is CO.COc1ccc2cc(-c3cnccc3SC(C)(C)C=O)ccc2c1. The molecule has 136 valence electrons. The minimum atomic E-state index is -0.472. The maximum atomic E-state index is 11.3. The average Bonchev–Trinajstić information content (AvgIpc) is 2.69. The van der Waals surface area contributed by atoms with E-state index in [4.69, 9.17) is 9.84 Å². The Morgan fingerprint density at radius 2 is 1.77 bits per heavy atom. The fraction of sp³-hybridized carbons (Fsp3) is 0.238. The monoisotopic (exact) mass is 369 g/mol. The molecule has 0 fully saturated rings. The number of methoxy groups -OCH3 is 1. The quantitative estimate of drug-likeness (QED) is 0.526. The van der Waals surface area contributed by atoms with Gasteiger partial charge in [-0.1, -0.05) is 18.2 Å². The molecule has 0 saturated heterocycles. The van der Waals surface area contributed by atoms with E-state index in [2.05, 4.69) is 29.2 Å². The van der Waals surface area contributed by atoms with Crippen molar-refractivity contribution < 1.29 is 14.6 Å². The predicted molar refractivity (Wildman–Crippen MR) is 108 cm³/mol. The Hall–Kier alpha value is -2.37. The zero-order chi connectivity index (χ0) is 19.2. The summed E-state index contributed by atoms with van der Waals surface area (Å²) in [5, 5.41) is 9.27. The number of aliphatic hydroxyl groups excluding tert-OH is 1. The van der Waals surface area contributed by atoms with Crippen LogP contribution in [0.4, 0.5) is 0 Å². The summed E-state index contributed by atoms with van der Waals surface area (Å²) in [5.74, 6) is 0.848. The average molecular weight is 369 g/mol. The molecule has 1 N–H and O–H groups in total. The second-order valence-corrected chi connectivity index (χ2v) is 7.82. The first-order valence-electron chi connectivity index (χ1n) is 8.15. The van der Waals surface area contributed by atoms with Crippen molar-refractivity contribution in [3.05, 3.63) is 54.9 Å². The lowest BCUT2D eigenvalue weighted by Crippen LogP contribution is -2.15. The Balaban J connectivity index is 0.00000117. The maximum Gasteiger partial charge on any atom is 0.135 e. The number of carbonyl (C=O) groups is 1. The highest BCUT2D eigenvalue weighted by atomic mass is 32.2. The first-order chi connectivity index (χ1) is 12.5. The molecule has 1 heterocycles. The number of aliphatic hydroxyl groups is 1. The van der Waals surface area contributed by atoms with Gasteiger partial charge in [0, 0.05) is 30.0 Å². The first-order valence-corrected chi connectivity index (χ1v) is 8.96. The third kappa shape index (κ3) is 4.62. The molecule has 0 atom stereocenters. The number of nitrogens with zero attached hydrogens (tertiary/aromatic N) is 1. The van der Waals surface area contributed by atoms with Crippen molar-refractivity contribution in [1.29, 1.82) is 0 Å². The predicted octanol–water partition coefficient (Wildman–Crippen LogP) is 4.59. The molecule has 0 saturated carbocycles. The smallest absolute Gasteiger partial charge is 0.135 e. The summed E-state index contributed by atoms with van der Waals surface area (Å²) in [6, 6.07) is 14.3. The van der Waals surface area contributed by atoms with Crippen molar-refractivity contribution in [3.8, 4) is 16.9 Å². The molecule has 0 bridgehead atoms. The van der Waals surface area contributed by atoms with Crippen LogP contribution in [-0.2, 0) is 4.79 Å². The topological polar surface area (TPSA) is 59.4 Å². The van der Waals surface area contributed by atoms with Crippen LogP contribution in [0.25, 0.3) is 21.9 Å². The minimum absolute atomic E-state index is 0.472. The highest BCUT2D eigenvalue weighted by Gasteiger charge is 2.20. The van der Waals surface area contributed by atoms with E-state index < -0.39 is 4.75 Å². The van der Waals surface area contributed by atoms with Crippen LogP contribution in [0, 0.1) is 0 Å². The van der Waals surface area contributed by atoms with Crippen LogP contribution in [0.2, 0.25) is 0 Å². The number of benzene rings is 2. The number of aromatic nitrogens is 1. The molecule has 3 rings (SSSR count). The molecular formula is C21H23NO3S. The minimum Gasteiger partial charge on any atom is -0.497 e. The van der Waals surface area contributed by atoms with Gasteiger partial charge in [0.1, 0.15) is 12.0 Å². The molecule has 0 amide bonds. The Kier molecular flexibility index (Phi) is 6.77. The number of rotatable bonds is 5. The second kappa shape index (κ2) is 8.83. The van der Waals surface area contributed by atoms with Gasteiger partial charge >= 0.3 is 0 Å². The van der Waals surface area contributed by atoms with Gasteiger partial charge in [0.25, 0.3) is 0 Å². The normalized spacial score (nSPS) is 10.8. The lowest BCUT2D eigenvalue weighted by molar-refractivity contribution is -0.109. The van der Waals surface area contributed by atoms with Crippen LogP contribution < -0.4 is 4.74 Å². The van der Waals surface area contributed by atoms with Gasteiger partial charge in [0.05, 0.1) is 11.9 Å². The van der Waals surface area contributed by atoms with Gasteiger partial charge in [-0.25, -0.2) is 0 Å². The van der Waals surface area contributed by atoms with Gasteiger partial charge in [-0.2, -0.15) is 0 Å². The Morgan fingerprint density at radius 1 is 1.08 bits per heavy atom. The van der Waals surface area contributed by atoms with Gasteiger partial charge in [-0.15, -0.1) is 11.8 Å². The number of thioether (sulfide) groups is 1. The van der Waals surface area contributed by atoms with Crippen molar-refractivity contribution in [2.75, 3.05) is 14.2 Å². The number of pyridine rings is 1. The van der Waals surface area contributed by atoms with E-state index >= 15 is 0 Å². The highest BCUT2D eigenvalue weighted by Crippen LogP contribution is 2.38. The summed E-state index contributed by atoms with van der Waals surface area (Å²) in [7, 11) is 2.67. The number of aldehydes is 1. The van der Waals surface area contributed by atoms with E-state index in [1.165, 1.54) is 0 Å². The molecule has 0 spiro atoms. The maximum absolute atomic E-state index is 11.3. The largest absolute Gasteiger partial charge is 0.497 e. The number of hydrogen-bond donors (Lipinski definition) is 1. The molecule has 0 aliphatic heterocycles. The zero-order valence-electron chi connectivity index (χ0n) is 15.4. The van der Waals surface area contributed by atoms with Crippen LogP contribution >= 0.6 is 11.8 Å². The van der Waals surface area contributed by atoms with Crippen molar-refractivity contribution >= 4 is 28.8 Å². The number of hydrogen-bond acceptors (Lipinski definition) is 5. The van der Waals surface area contributed by atoms with Gasteiger partial charge in [-0.3, -0.25) is 4.98 Å². The van der Waals surface area contributed by atoms with Crippen LogP contribution in [0.1, 0.15) is 13.8 Å². The number of fused-ring (bicyclic) bond motifs is 1. The van der Waals surface area contributed by atoms with Crippen LogP contribution in [-0.4, -0.2) is 35.3 Å². The Labute approximate surface area is 158 Å². The molecule has 0 radical (unpaired) electrons. The number of ether oxygens (including phenoxy) is 1. The van der Waals surface area contributed by atoms with Gasteiger partial charge in [-0.05, 0) is 54.4 Å². The lowest BCUT2D eigenvalue weighted by Gasteiger charge is -2.18. The molecule has 26 heavy (non-hydrogen) atoms.